The van der Waals surface area contributed by atoms with Crippen LogP contribution in [0.5, 0.6) is 11.5 Å². The van der Waals surface area contributed by atoms with E-state index in [0.717, 1.165) is 22.4 Å². The lowest BCUT2D eigenvalue weighted by atomic mass is 9.91. The van der Waals surface area contributed by atoms with E-state index in [9.17, 15) is 9.90 Å². The van der Waals surface area contributed by atoms with Gasteiger partial charge in [-0.25, -0.2) is 9.48 Å². The summed E-state index contributed by atoms with van der Waals surface area (Å²) in [6, 6.07) is 31.5. The van der Waals surface area contributed by atoms with Crippen LogP contribution >= 0.6 is 11.8 Å². The van der Waals surface area contributed by atoms with Gasteiger partial charge in [0.1, 0.15) is 11.5 Å². The molecule has 0 unspecified atom stereocenters. The van der Waals surface area contributed by atoms with Crippen LogP contribution < -0.4 is 15.4 Å². The number of urea groups is 1. The zero-order valence-corrected chi connectivity index (χ0v) is 26.1. The van der Waals surface area contributed by atoms with E-state index in [1.165, 1.54) is 11.8 Å². The number of hydrogen-bond donors (Lipinski definition) is 3. The molecule has 236 valence electrons. The van der Waals surface area contributed by atoms with Gasteiger partial charge in [-0.1, -0.05) is 73.3 Å². The molecule has 2 heterocycles. The molecule has 0 saturated carbocycles. The summed E-state index contributed by atoms with van der Waals surface area (Å²) >= 11 is 1.53. The molecule has 3 N–H and O–H groups in total. The van der Waals surface area contributed by atoms with Crippen LogP contribution in [0.2, 0.25) is 0 Å². The Morgan fingerprint density at radius 3 is 2.13 bits per heavy atom. The van der Waals surface area contributed by atoms with Crippen LogP contribution in [-0.4, -0.2) is 43.2 Å². The quantitative estimate of drug-likeness (QED) is 0.143. The van der Waals surface area contributed by atoms with E-state index in [-0.39, 0.29) is 30.8 Å². The van der Waals surface area contributed by atoms with Gasteiger partial charge in [-0.3, -0.25) is 0 Å². The summed E-state index contributed by atoms with van der Waals surface area (Å²) in [4.78, 5) is 12.7. The average Bonchev–Trinajstić information content (AvgIpc) is 3.50. The van der Waals surface area contributed by atoms with Crippen LogP contribution in [0.25, 0.3) is 0 Å². The molecule has 6 rings (SSSR count). The van der Waals surface area contributed by atoms with Crippen LogP contribution in [0.4, 0.5) is 16.2 Å². The number of carbonyl (C=O) groups excluding carboxylic acids is 1. The van der Waals surface area contributed by atoms with Crippen molar-refractivity contribution in [3.63, 3.8) is 0 Å². The van der Waals surface area contributed by atoms with Gasteiger partial charge in [0.2, 0.25) is 5.16 Å². The van der Waals surface area contributed by atoms with E-state index in [1.54, 1.807) is 36.0 Å². The van der Waals surface area contributed by atoms with Crippen molar-refractivity contribution in [1.29, 1.82) is 0 Å². The summed E-state index contributed by atoms with van der Waals surface area (Å²) in [6.45, 7) is 2.09. The Morgan fingerprint density at radius 2 is 1.50 bits per heavy atom. The number of anilines is 2. The van der Waals surface area contributed by atoms with Crippen molar-refractivity contribution in [3.8, 4) is 11.5 Å². The number of aromatic nitrogens is 4. The highest BCUT2D eigenvalue weighted by molar-refractivity contribution is 7.99. The lowest BCUT2D eigenvalue weighted by molar-refractivity contribution is -0.268. The number of rotatable bonds is 10. The zero-order chi connectivity index (χ0) is 31.9. The molecule has 4 atom stereocenters. The lowest BCUT2D eigenvalue weighted by Gasteiger charge is -2.41. The second-order valence-corrected chi connectivity index (χ2v) is 11.8. The largest absolute Gasteiger partial charge is 0.457 e. The molecule has 1 aliphatic heterocycles. The first-order valence-electron chi connectivity index (χ1n) is 14.8. The number of nitrogens with zero attached hydrogens (tertiary/aromatic N) is 4. The first-order valence-corrected chi connectivity index (χ1v) is 15.8. The molecule has 5 aromatic rings. The van der Waals surface area contributed by atoms with Crippen LogP contribution in [0.1, 0.15) is 36.0 Å². The second-order valence-electron chi connectivity index (χ2n) is 10.9. The lowest BCUT2D eigenvalue weighted by Crippen LogP contribution is -2.38. The van der Waals surface area contributed by atoms with Crippen LogP contribution in [0.3, 0.4) is 0 Å². The second kappa shape index (κ2) is 14.6. The average molecular weight is 639 g/mol. The maximum Gasteiger partial charge on any atom is 0.323 e. The number of tetrazole rings is 1. The number of nitrogens with one attached hydrogen (secondary N) is 2. The van der Waals surface area contributed by atoms with E-state index in [0.29, 0.717) is 28.0 Å². The Labute approximate surface area is 270 Å². The number of amides is 2. The number of ether oxygens (including phenoxy) is 3. The Kier molecular flexibility index (Phi) is 9.89. The molecule has 11 nitrogen and oxygen atoms in total. The van der Waals surface area contributed by atoms with Gasteiger partial charge in [-0.05, 0) is 70.1 Å². The van der Waals surface area contributed by atoms with Crippen molar-refractivity contribution in [2.45, 2.75) is 37.2 Å². The minimum Gasteiger partial charge on any atom is -0.457 e. The smallest absolute Gasteiger partial charge is 0.323 e. The zero-order valence-electron chi connectivity index (χ0n) is 25.3. The Bertz CT molecular complexity index is 1720. The number of aryl methyl sites for hydroxylation is 1. The predicted octanol–water partition coefficient (Wildman–Crippen LogP) is 6.72. The number of aliphatic hydroxyl groups is 1. The fraction of sp³-hybridized carbons (Fsp3) is 0.235. The molecular formula is C34H34N6O5S. The molecule has 12 heteroatoms. The molecule has 46 heavy (non-hydrogen) atoms. The van der Waals surface area contributed by atoms with Gasteiger partial charge in [0.25, 0.3) is 0 Å². The number of aliphatic hydroxyl groups excluding tert-OH is 1. The summed E-state index contributed by atoms with van der Waals surface area (Å²) < 4.78 is 20.5. The molecular weight excluding hydrogens is 604 g/mol. The number of thioether (sulfide) groups is 1. The Balaban J connectivity index is 1.10. The third-order valence-electron chi connectivity index (χ3n) is 7.61. The van der Waals surface area contributed by atoms with Crippen molar-refractivity contribution in [2.24, 2.45) is 13.0 Å². The number of benzene rings is 4. The topological polar surface area (TPSA) is 133 Å². The number of hydrogen-bond acceptors (Lipinski definition) is 9. The summed E-state index contributed by atoms with van der Waals surface area (Å²) in [7, 11) is 1.80. The number of carbonyl (C=O) groups is 1. The van der Waals surface area contributed by atoms with Crippen molar-refractivity contribution in [1.82, 2.24) is 20.2 Å². The maximum atomic E-state index is 12.7. The summed E-state index contributed by atoms with van der Waals surface area (Å²) in [5.41, 5.74) is 3.91. The highest BCUT2D eigenvalue weighted by Gasteiger charge is 2.38. The molecule has 1 saturated heterocycles. The van der Waals surface area contributed by atoms with E-state index in [4.69, 9.17) is 14.2 Å². The standard InChI is InChI=1S/C34H34N6O5S/c1-22-30(21-46-34-37-38-39-40(34)2)44-32(45-31(22)24-10-8-23(20-41)9-11-24)25-12-14-26(15-13-25)35-33(42)36-27-16-18-29(19-17-27)43-28-6-4-3-5-7-28/h3-19,22,30-32,41H,20-21H2,1-2H3,(H2,35,36,42)/t22-,30+,31+,32+/m0/s1. The summed E-state index contributed by atoms with van der Waals surface area (Å²) in [5.74, 6) is 2.06. The van der Waals surface area contributed by atoms with Gasteiger partial charge in [0.05, 0.1) is 18.8 Å². The predicted molar refractivity (Wildman–Crippen MR) is 175 cm³/mol. The molecule has 0 spiro atoms. The monoisotopic (exact) mass is 638 g/mol. The van der Waals surface area contributed by atoms with Crippen LogP contribution in [0, 0.1) is 5.92 Å². The Morgan fingerprint density at radius 1 is 0.870 bits per heavy atom. The fourth-order valence-electron chi connectivity index (χ4n) is 5.06. The SMILES string of the molecule is C[C@H]1[C@@H](CSc2nnnn2C)O[C@@H](c2ccc(NC(=O)Nc3ccc(Oc4ccccc4)cc3)cc2)O[C@H]1c1ccc(CO)cc1. The molecule has 0 radical (unpaired) electrons. The first-order chi connectivity index (χ1) is 22.4. The van der Waals surface area contributed by atoms with Crippen molar-refractivity contribution in [2.75, 3.05) is 16.4 Å². The minimum absolute atomic E-state index is 0.0213. The van der Waals surface area contributed by atoms with E-state index in [2.05, 4.69) is 33.1 Å². The van der Waals surface area contributed by atoms with Gasteiger partial charge in [0.15, 0.2) is 6.29 Å². The van der Waals surface area contributed by atoms with Gasteiger partial charge in [-0.2, -0.15) is 0 Å². The third-order valence-corrected chi connectivity index (χ3v) is 8.71. The fourth-order valence-corrected chi connectivity index (χ4v) is 6.07. The van der Waals surface area contributed by atoms with E-state index >= 15 is 0 Å². The van der Waals surface area contributed by atoms with Gasteiger partial charge < -0.3 is 30.0 Å². The van der Waals surface area contributed by atoms with Gasteiger partial charge in [0, 0.05) is 35.7 Å². The highest BCUT2D eigenvalue weighted by atomic mass is 32.2. The molecule has 1 aromatic heterocycles. The first kappa shape index (κ1) is 31.2. The molecule has 0 aliphatic carbocycles. The molecule has 1 fully saturated rings. The molecule has 2 amide bonds. The van der Waals surface area contributed by atoms with E-state index in [1.807, 2.05) is 78.9 Å². The molecule has 4 aromatic carbocycles. The van der Waals surface area contributed by atoms with Crippen molar-refractivity contribution in [3.05, 3.63) is 120 Å². The van der Waals surface area contributed by atoms with Crippen LogP contribution in [-0.2, 0) is 23.1 Å². The maximum absolute atomic E-state index is 12.7. The molecule has 0 bridgehead atoms. The van der Waals surface area contributed by atoms with E-state index < -0.39 is 6.29 Å². The Hall–Kier alpha value is -4.75. The highest BCUT2D eigenvalue weighted by Crippen LogP contribution is 2.43. The normalized spacial score (nSPS) is 19.4. The van der Waals surface area contributed by atoms with Gasteiger partial charge >= 0.3 is 6.03 Å². The van der Waals surface area contributed by atoms with Gasteiger partial charge in [-0.15, -0.1) is 5.10 Å². The number of para-hydroxylation sites is 1. The summed E-state index contributed by atoms with van der Waals surface area (Å²) in [5, 5.41) is 27.7. The minimum atomic E-state index is -0.638. The summed E-state index contributed by atoms with van der Waals surface area (Å²) in [6.07, 6.45) is -1.06. The molecule has 1 aliphatic rings. The van der Waals surface area contributed by atoms with Crippen LogP contribution in [0.15, 0.2) is 108 Å². The van der Waals surface area contributed by atoms with Crippen molar-refractivity contribution >= 4 is 29.2 Å². The van der Waals surface area contributed by atoms with Crippen molar-refractivity contribution < 1.29 is 24.1 Å². The third kappa shape index (κ3) is 7.72.